The molecular weight excluding hydrogens is 257 g/mol. The van der Waals surface area contributed by atoms with E-state index in [1.165, 1.54) is 6.42 Å². The number of carbonyl (C=O) groups is 1. The fourth-order valence-electron chi connectivity index (χ4n) is 2.80. The first-order chi connectivity index (χ1) is 9.76. The van der Waals surface area contributed by atoms with Gasteiger partial charge in [-0.2, -0.15) is 0 Å². The first-order valence-electron chi connectivity index (χ1n) is 7.10. The van der Waals surface area contributed by atoms with Crippen LogP contribution in [-0.2, 0) is 16.2 Å². The number of halogens is 1. The predicted molar refractivity (Wildman–Crippen MR) is 76.9 cm³/mol. The lowest BCUT2D eigenvalue weighted by atomic mass is 9.93. The molecule has 0 bridgehead atoms. The smallest absolute Gasteiger partial charge is 0.253 e. The van der Waals surface area contributed by atoms with Crippen molar-refractivity contribution in [3.8, 4) is 0 Å². The van der Waals surface area contributed by atoms with E-state index < -0.39 is 6.67 Å². The molecule has 109 valence electrons. The number of amides is 1. The first-order valence-corrected chi connectivity index (χ1v) is 7.10. The second kappa shape index (κ2) is 7.39. The van der Waals surface area contributed by atoms with Crippen LogP contribution >= 0.6 is 0 Å². The number of benzene rings is 1. The van der Waals surface area contributed by atoms with Crippen molar-refractivity contribution in [2.24, 2.45) is 0 Å². The highest BCUT2D eigenvalue weighted by molar-refractivity contribution is 5.94. The van der Waals surface area contributed by atoms with Crippen LogP contribution in [0.15, 0.2) is 24.3 Å². The minimum Gasteiger partial charge on any atom is -0.369 e. The van der Waals surface area contributed by atoms with Crippen molar-refractivity contribution in [1.29, 1.82) is 0 Å². The molecule has 1 aliphatic carbocycles. The summed E-state index contributed by atoms with van der Waals surface area (Å²) in [6.07, 6.45) is 5.52. The standard InChI is InChI=1S/C16H21FNO2/c1-20-12-16(19)18(14-5-3-2-4-6-14)15-9-7-13(11-17)8-10-15/h7-10,14H,1-6,11-12H2. The Bertz CT molecular complexity index is 427. The van der Waals surface area contributed by atoms with Crippen LogP contribution in [0.2, 0.25) is 0 Å². The van der Waals surface area contributed by atoms with Gasteiger partial charge in [0, 0.05) is 11.7 Å². The average molecular weight is 278 g/mol. The van der Waals surface area contributed by atoms with Crippen molar-refractivity contribution in [3.63, 3.8) is 0 Å². The number of anilines is 1. The second-order valence-corrected chi connectivity index (χ2v) is 5.20. The molecule has 0 saturated heterocycles. The Hall–Kier alpha value is -1.42. The molecule has 0 N–H and O–H groups in total. The van der Waals surface area contributed by atoms with E-state index in [1.807, 2.05) is 12.1 Å². The zero-order chi connectivity index (χ0) is 14.4. The summed E-state index contributed by atoms with van der Waals surface area (Å²) in [6.45, 7) is -0.513. The van der Waals surface area contributed by atoms with Crippen molar-refractivity contribution in [3.05, 3.63) is 36.9 Å². The fraction of sp³-hybridized carbons (Fsp3) is 0.500. The van der Waals surface area contributed by atoms with Gasteiger partial charge in [0.25, 0.3) is 5.91 Å². The minimum absolute atomic E-state index is 0.0264. The SMILES string of the molecule is [CH2]OCC(=O)N(c1ccc(CF)cc1)C1CCCCC1. The molecule has 0 aliphatic heterocycles. The average Bonchev–Trinajstić information content (AvgIpc) is 2.50. The van der Waals surface area contributed by atoms with Gasteiger partial charge in [0.2, 0.25) is 0 Å². The molecule has 4 heteroatoms. The highest BCUT2D eigenvalue weighted by atomic mass is 19.1. The zero-order valence-corrected chi connectivity index (χ0v) is 11.7. The third-order valence-electron chi connectivity index (χ3n) is 3.80. The van der Waals surface area contributed by atoms with Gasteiger partial charge >= 0.3 is 0 Å². The molecular formula is C16H21FNO2. The van der Waals surface area contributed by atoms with Gasteiger partial charge in [0.05, 0.1) is 7.11 Å². The molecule has 1 amide bonds. The molecule has 1 aromatic rings. The van der Waals surface area contributed by atoms with E-state index in [4.69, 9.17) is 4.74 Å². The number of rotatable bonds is 5. The van der Waals surface area contributed by atoms with E-state index in [2.05, 4.69) is 7.11 Å². The lowest BCUT2D eigenvalue weighted by Gasteiger charge is -2.34. The van der Waals surface area contributed by atoms with Gasteiger partial charge in [-0.1, -0.05) is 31.4 Å². The molecule has 20 heavy (non-hydrogen) atoms. The van der Waals surface area contributed by atoms with Gasteiger partial charge in [-0.05, 0) is 30.5 Å². The Morgan fingerprint density at radius 3 is 2.45 bits per heavy atom. The van der Waals surface area contributed by atoms with E-state index in [-0.39, 0.29) is 18.6 Å². The summed E-state index contributed by atoms with van der Waals surface area (Å²) < 4.78 is 17.3. The van der Waals surface area contributed by atoms with E-state index in [9.17, 15) is 9.18 Å². The largest absolute Gasteiger partial charge is 0.369 e. The van der Waals surface area contributed by atoms with Crippen LogP contribution in [0.25, 0.3) is 0 Å². The van der Waals surface area contributed by atoms with Crippen molar-refractivity contribution in [2.75, 3.05) is 11.5 Å². The molecule has 1 radical (unpaired) electrons. The fourth-order valence-corrected chi connectivity index (χ4v) is 2.80. The Morgan fingerprint density at radius 2 is 1.90 bits per heavy atom. The molecule has 0 atom stereocenters. The second-order valence-electron chi connectivity index (χ2n) is 5.20. The molecule has 1 aliphatic rings. The molecule has 0 spiro atoms. The van der Waals surface area contributed by atoms with Crippen LogP contribution in [0.1, 0.15) is 37.7 Å². The first kappa shape index (κ1) is 15.0. The summed E-state index contributed by atoms with van der Waals surface area (Å²) in [5.41, 5.74) is 1.44. The van der Waals surface area contributed by atoms with Gasteiger partial charge in [-0.25, -0.2) is 4.39 Å². The topological polar surface area (TPSA) is 29.5 Å². The Labute approximate surface area is 119 Å². The number of hydrogen-bond acceptors (Lipinski definition) is 2. The normalized spacial score (nSPS) is 16.1. The summed E-state index contributed by atoms with van der Waals surface area (Å²) in [5, 5.41) is 0. The third kappa shape index (κ3) is 3.57. The van der Waals surface area contributed by atoms with Gasteiger partial charge in [-0.3, -0.25) is 4.79 Å². The number of carbonyl (C=O) groups excluding carboxylic acids is 1. The van der Waals surface area contributed by atoms with E-state index >= 15 is 0 Å². The van der Waals surface area contributed by atoms with Crippen LogP contribution in [0.5, 0.6) is 0 Å². The third-order valence-corrected chi connectivity index (χ3v) is 3.80. The minimum atomic E-state index is -0.486. The van der Waals surface area contributed by atoms with E-state index in [1.54, 1.807) is 17.0 Å². The Kier molecular flexibility index (Phi) is 5.53. The molecule has 1 fully saturated rings. The van der Waals surface area contributed by atoms with Crippen LogP contribution in [0.3, 0.4) is 0 Å². The number of hydrogen-bond donors (Lipinski definition) is 0. The molecule has 1 saturated carbocycles. The maximum Gasteiger partial charge on any atom is 0.253 e. The predicted octanol–water partition coefficient (Wildman–Crippen LogP) is 3.63. The zero-order valence-electron chi connectivity index (χ0n) is 11.7. The van der Waals surface area contributed by atoms with Crippen molar-refractivity contribution >= 4 is 11.6 Å². The van der Waals surface area contributed by atoms with Gasteiger partial charge in [-0.15, -0.1) is 0 Å². The molecule has 1 aromatic carbocycles. The number of nitrogens with zero attached hydrogens (tertiary/aromatic N) is 1. The summed E-state index contributed by atoms with van der Waals surface area (Å²) in [7, 11) is 3.28. The van der Waals surface area contributed by atoms with Crippen LogP contribution in [0, 0.1) is 7.11 Å². The molecule has 3 nitrogen and oxygen atoms in total. The molecule has 0 heterocycles. The maximum absolute atomic E-state index is 12.6. The van der Waals surface area contributed by atoms with Crippen molar-refractivity contribution in [2.45, 2.75) is 44.8 Å². The summed E-state index contributed by atoms with van der Waals surface area (Å²) in [5.74, 6) is -0.0834. The van der Waals surface area contributed by atoms with Crippen LogP contribution in [-0.4, -0.2) is 18.6 Å². The van der Waals surface area contributed by atoms with Crippen molar-refractivity contribution < 1.29 is 13.9 Å². The lowest BCUT2D eigenvalue weighted by molar-refractivity contribution is -0.122. The highest BCUT2D eigenvalue weighted by Gasteiger charge is 2.26. The summed E-state index contributed by atoms with van der Waals surface area (Å²) in [4.78, 5) is 14.1. The Morgan fingerprint density at radius 1 is 1.25 bits per heavy atom. The summed E-state index contributed by atoms with van der Waals surface area (Å²) >= 11 is 0. The van der Waals surface area contributed by atoms with E-state index in [0.717, 1.165) is 31.4 Å². The Balaban J connectivity index is 2.21. The number of alkyl halides is 1. The van der Waals surface area contributed by atoms with Gasteiger partial charge in [0.15, 0.2) is 0 Å². The van der Waals surface area contributed by atoms with Crippen molar-refractivity contribution in [1.82, 2.24) is 0 Å². The molecule has 0 unspecified atom stereocenters. The number of ether oxygens (including phenoxy) is 1. The quantitative estimate of drug-likeness (QED) is 0.823. The maximum atomic E-state index is 12.6. The van der Waals surface area contributed by atoms with Crippen LogP contribution in [0.4, 0.5) is 10.1 Å². The van der Waals surface area contributed by atoms with E-state index in [0.29, 0.717) is 5.56 Å². The summed E-state index contributed by atoms with van der Waals surface area (Å²) in [6, 6.07) is 7.28. The van der Waals surface area contributed by atoms with Gasteiger partial charge in [0.1, 0.15) is 13.3 Å². The monoisotopic (exact) mass is 278 g/mol. The van der Waals surface area contributed by atoms with Crippen LogP contribution < -0.4 is 4.90 Å². The molecule has 2 rings (SSSR count). The highest BCUT2D eigenvalue weighted by Crippen LogP contribution is 2.28. The van der Waals surface area contributed by atoms with Gasteiger partial charge < -0.3 is 9.64 Å². The lowest BCUT2D eigenvalue weighted by Crippen LogP contribution is -2.43. The molecule has 0 aromatic heterocycles.